The third-order valence-corrected chi connectivity index (χ3v) is 4.86. The van der Waals surface area contributed by atoms with Crippen molar-refractivity contribution in [3.05, 3.63) is 75.8 Å². The number of carbonyl (C=O) groups excluding carboxylic acids is 3. The van der Waals surface area contributed by atoms with E-state index in [4.69, 9.17) is 4.74 Å². The van der Waals surface area contributed by atoms with Crippen LogP contribution in [0, 0.1) is 0 Å². The van der Waals surface area contributed by atoms with E-state index in [1.165, 1.54) is 6.92 Å². The van der Waals surface area contributed by atoms with Gasteiger partial charge in [0, 0.05) is 0 Å². The van der Waals surface area contributed by atoms with Crippen LogP contribution in [0.15, 0.2) is 53.3 Å². The van der Waals surface area contributed by atoms with Crippen molar-refractivity contribution in [2.45, 2.75) is 26.0 Å². The fraction of sp³-hybridized carbons (Fsp3) is 0.190. The zero-order valence-electron chi connectivity index (χ0n) is 15.7. The fourth-order valence-corrected chi connectivity index (χ4v) is 3.29. The van der Waals surface area contributed by atoms with E-state index in [0.29, 0.717) is 10.9 Å². The van der Waals surface area contributed by atoms with Crippen molar-refractivity contribution in [3.8, 4) is 0 Å². The molecular formula is C21H17N3O5. The molecule has 146 valence electrons. The molecule has 2 aromatic carbocycles. The minimum atomic E-state index is -1.13. The number of rotatable bonds is 4. The average Bonchev–Trinajstić information content (AvgIpc) is 2.98. The Morgan fingerprint density at radius 1 is 0.966 bits per heavy atom. The summed E-state index contributed by atoms with van der Waals surface area (Å²) in [6.07, 6.45) is -0.877. The van der Waals surface area contributed by atoms with E-state index in [2.05, 4.69) is 9.97 Å². The first-order valence-corrected chi connectivity index (χ1v) is 9.05. The molecule has 1 N–H and O–H groups in total. The lowest BCUT2D eigenvalue weighted by Crippen LogP contribution is -2.44. The van der Waals surface area contributed by atoms with Gasteiger partial charge in [0.05, 0.1) is 22.0 Å². The first-order valence-electron chi connectivity index (χ1n) is 9.05. The van der Waals surface area contributed by atoms with Gasteiger partial charge in [-0.05, 0) is 38.1 Å². The summed E-state index contributed by atoms with van der Waals surface area (Å²) in [5.41, 5.74) is 0.640. The van der Waals surface area contributed by atoms with Gasteiger partial charge >= 0.3 is 5.97 Å². The maximum Gasteiger partial charge on any atom is 0.329 e. The summed E-state index contributed by atoms with van der Waals surface area (Å²) in [6, 6.07) is 12.1. The molecule has 0 spiro atoms. The molecule has 1 aliphatic rings. The predicted molar refractivity (Wildman–Crippen MR) is 103 cm³/mol. The van der Waals surface area contributed by atoms with Crippen LogP contribution in [0.1, 0.15) is 46.5 Å². The molecular weight excluding hydrogens is 374 g/mol. The Labute approximate surface area is 165 Å². The van der Waals surface area contributed by atoms with E-state index < -0.39 is 29.9 Å². The van der Waals surface area contributed by atoms with Gasteiger partial charge in [-0.3, -0.25) is 19.3 Å². The minimum Gasteiger partial charge on any atom is -0.453 e. The van der Waals surface area contributed by atoms with Crippen LogP contribution in [0.25, 0.3) is 10.9 Å². The summed E-state index contributed by atoms with van der Waals surface area (Å²) in [7, 11) is 0. The summed E-state index contributed by atoms with van der Waals surface area (Å²) >= 11 is 0. The van der Waals surface area contributed by atoms with Gasteiger partial charge < -0.3 is 9.72 Å². The van der Waals surface area contributed by atoms with Crippen LogP contribution < -0.4 is 5.56 Å². The molecule has 0 bridgehead atoms. The highest BCUT2D eigenvalue weighted by molar-refractivity contribution is 6.22. The second-order valence-corrected chi connectivity index (χ2v) is 6.75. The zero-order chi connectivity index (χ0) is 20.7. The molecule has 0 radical (unpaired) electrons. The van der Waals surface area contributed by atoms with Crippen molar-refractivity contribution in [3.63, 3.8) is 0 Å². The van der Waals surface area contributed by atoms with Crippen LogP contribution in [0.2, 0.25) is 0 Å². The number of para-hydroxylation sites is 1. The molecule has 0 saturated carbocycles. The summed E-state index contributed by atoms with van der Waals surface area (Å²) < 4.78 is 5.39. The smallest absolute Gasteiger partial charge is 0.329 e. The van der Waals surface area contributed by atoms with E-state index in [1.807, 2.05) is 0 Å². The van der Waals surface area contributed by atoms with Gasteiger partial charge in [-0.2, -0.15) is 0 Å². The molecule has 0 fully saturated rings. The zero-order valence-corrected chi connectivity index (χ0v) is 15.7. The van der Waals surface area contributed by atoms with Gasteiger partial charge in [0.25, 0.3) is 17.4 Å². The number of benzene rings is 2. The van der Waals surface area contributed by atoms with Gasteiger partial charge in [0.2, 0.25) is 0 Å². The summed E-state index contributed by atoms with van der Waals surface area (Å²) in [6.45, 7) is 2.98. The number of H-pyrrole nitrogens is 1. The van der Waals surface area contributed by atoms with Crippen molar-refractivity contribution in [1.82, 2.24) is 14.9 Å². The highest BCUT2D eigenvalue weighted by atomic mass is 16.5. The average molecular weight is 391 g/mol. The Hall–Kier alpha value is -3.81. The van der Waals surface area contributed by atoms with Crippen molar-refractivity contribution in [2.24, 2.45) is 0 Å². The van der Waals surface area contributed by atoms with E-state index in [9.17, 15) is 19.2 Å². The number of esters is 1. The first-order chi connectivity index (χ1) is 13.9. The topological polar surface area (TPSA) is 109 Å². The van der Waals surface area contributed by atoms with E-state index in [-0.39, 0.29) is 22.5 Å². The monoisotopic (exact) mass is 391 g/mol. The molecule has 1 aliphatic heterocycles. The Balaban J connectivity index is 1.55. The van der Waals surface area contributed by atoms with Gasteiger partial charge in [-0.25, -0.2) is 9.78 Å². The Bertz CT molecular complexity index is 1180. The molecule has 29 heavy (non-hydrogen) atoms. The van der Waals surface area contributed by atoms with E-state index in [1.54, 1.807) is 55.5 Å². The lowest BCUT2D eigenvalue weighted by Gasteiger charge is -2.22. The molecule has 8 heteroatoms. The van der Waals surface area contributed by atoms with Gasteiger partial charge in [0.15, 0.2) is 11.9 Å². The van der Waals surface area contributed by atoms with Crippen LogP contribution in [0.5, 0.6) is 0 Å². The number of carbonyl (C=O) groups is 3. The van der Waals surface area contributed by atoms with Gasteiger partial charge in [0.1, 0.15) is 6.04 Å². The molecule has 2 amide bonds. The first kappa shape index (κ1) is 18.5. The standard InChI is InChI=1S/C21H17N3O5/c1-11(24-19(26)13-7-3-4-8-14(13)20(24)27)21(28)29-12(2)17-22-16-10-6-5-9-15(16)18(25)23-17/h3-12H,1-2H3,(H,22,23,25)/t11-,12-/m0/s1. The second-order valence-electron chi connectivity index (χ2n) is 6.75. The largest absolute Gasteiger partial charge is 0.453 e. The third kappa shape index (κ3) is 3.08. The number of nitrogens with zero attached hydrogens (tertiary/aromatic N) is 2. The number of aromatic nitrogens is 2. The summed E-state index contributed by atoms with van der Waals surface area (Å²) in [4.78, 5) is 57.7. The molecule has 0 aliphatic carbocycles. The van der Waals surface area contributed by atoms with Gasteiger partial charge in [-0.15, -0.1) is 0 Å². The number of amides is 2. The lowest BCUT2D eigenvalue weighted by atomic mass is 10.1. The highest BCUT2D eigenvalue weighted by Crippen LogP contribution is 2.25. The predicted octanol–water partition coefficient (Wildman–Crippen LogP) is 2.21. The number of imide groups is 1. The summed E-state index contributed by atoms with van der Waals surface area (Å²) in [5, 5.41) is 0.425. The minimum absolute atomic E-state index is 0.177. The molecule has 0 unspecified atom stereocenters. The number of hydrogen-bond acceptors (Lipinski definition) is 6. The maximum atomic E-state index is 12.6. The number of aromatic amines is 1. The Kier molecular flexibility index (Phi) is 4.46. The number of fused-ring (bicyclic) bond motifs is 2. The second kappa shape index (κ2) is 6.97. The molecule has 1 aromatic heterocycles. The number of hydrogen-bond donors (Lipinski definition) is 1. The summed E-state index contributed by atoms with van der Waals surface area (Å²) in [5.74, 6) is -1.68. The van der Waals surface area contributed by atoms with Crippen LogP contribution in [-0.2, 0) is 9.53 Å². The molecule has 4 rings (SSSR count). The van der Waals surface area contributed by atoms with Crippen molar-refractivity contribution in [2.75, 3.05) is 0 Å². The van der Waals surface area contributed by atoms with Crippen molar-refractivity contribution in [1.29, 1.82) is 0 Å². The third-order valence-electron chi connectivity index (χ3n) is 4.86. The normalized spacial score (nSPS) is 15.3. The molecule has 2 heterocycles. The number of ether oxygens (including phenoxy) is 1. The SMILES string of the molecule is C[C@H](OC(=O)[C@H](C)N1C(=O)c2ccccc2C1=O)c1nc2ccccc2c(=O)[nH]1. The van der Waals surface area contributed by atoms with E-state index in [0.717, 1.165) is 4.90 Å². The Morgan fingerprint density at radius 3 is 2.21 bits per heavy atom. The lowest BCUT2D eigenvalue weighted by molar-refractivity contribution is -0.153. The quantitative estimate of drug-likeness (QED) is 0.539. The maximum absolute atomic E-state index is 12.6. The fourth-order valence-electron chi connectivity index (χ4n) is 3.29. The van der Waals surface area contributed by atoms with Crippen LogP contribution in [0.3, 0.4) is 0 Å². The molecule has 0 saturated heterocycles. The van der Waals surface area contributed by atoms with Crippen molar-refractivity contribution < 1.29 is 19.1 Å². The Morgan fingerprint density at radius 2 is 1.55 bits per heavy atom. The van der Waals surface area contributed by atoms with E-state index >= 15 is 0 Å². The molecule has 8 nitrogen and oxygen atoms in total. The van der Waals surface area contributed by atoms with Crippen LogP contribution in [0.4, 0.5) is 0 Å². The van der Waals surface area contributed by atoms with Gasteiger partial charge in [-0.1, -0.05) is 24.3 Å². The van der Waals surface area contributed by atoms with Crippen LogP contribution >= 0.6 is 0 Å². The van der Waals surface area contributed by atoms with Crippen LogP contribution in [-0.4, -0.2) is 38.7 Å². The number of nitrogens with one attached hydrogen (secondary N) is 1. The molecule has 2 atom stereocenters. The highest BCUT2D eigenvalue weighted by Gasteiger charge is 2.41. The van der Waals surface area contributed by atoms with Crippen molar-refractivity contribution >= 4 is 28.7 Å². The molecule has 3 aromatic rings.